The van der Waals surface area contributed by atoms with Gasteiger partial charge in [0.1, 0.15) is 11.2 Å². The van der Waals surface area contributed by atoms with E-state index in [1.165, 1.54) is 53.2 Å². The maximum atomic E-state index is 6.29. The molecule has 0 radical (unpaired) electrons. The van der Waals surface area contributed by atoms with Gasteiger partial charge in [-0.3, -0.25) is 0 Å². The van der Waals surface area contributed by atoms with E-state index in [0.29, 0.717) is 17.5 Å². The lowest BCUT2D eigenvalue weighted by Crippen LogP contribution is -2.00. The van der Waals surface area contributed by atoms with E-state index in [1.807, 2.05) is 35.6 Å². The highest BCUT2D eigenvalue weighted by molar-refractivity contribution is 7.26. The van der Waals surface area contributed by atoms with Crippen molar-refractivity contribution in [2.45, 2.75) is 0 Å². The number of rotatable bonds is 5. The average molecular weight is 758 g/mol. The van der Waals surface area contributed by atoms with Gasteiger partial charge in [-0.1, -0.05) is 158 Å². The molecule has 0 spiro atoms. The normalized spacial score (nSPS) is 11.8. The second-order valence-electron chi connectivity index (χ2n) is 14.8. The van der Waals surface area contributed by atoms with E-state index in [0.717, 1.165) is 49.4 Å². The van der Waals surface area contributed by atoms with Crippen LogP contribution in [0.2, 0.25) is 0 Å². The first-order chi connectivity index (χ1) is 28.7. The van der Waals surface area contributed by atoms with E-state index >= 15 is 0 Å². The molecule has 0 aliphatic rings. The van der Waals surface area contributed by atoms with E-state index in [1.54, 1.807) is 0 Å². The van der Waals surface area contributed by atoms with Gasteiger partial charge in [0, 0.05) is 53.2 Å². The molecular weight excluding hydrogens is 727 g/mol. The van der Waals surface area contributed by atoms with Gasteiger partial charge in [-0.2, -0.15) is 0 Å². The van der Waals surface area contributed by atoms with Crippen molar-refractivity contribution in [1.29, 1.82) is 0 Å². The quantitative estimate of drug-likeness (QED) is 0.175. The van der Waals surface area contributed by atoms with Crippen molar-refractivity contribution < 1.29 is 4.42 Å². The molecule has 270 valence electrons. The van der Waals surface area contributed by atoms with Crippen molar-refractivity contribution in [3.63, 3.8) is 0 Å². The van der Waals surface area contributed by atoms with Crippen LogP contribution >= 0.6 is 11.3 Å². The van der Waals surface area contributed by atoms with Gasteiger partial charge < -0.3 is 4.42 Å². The lowest BCUT2D eigenvalue weighted by molar-refractivity contribution is 0.669. The molecule has 0 unspecified atom stereocenters. The molecule has 58 heavy (non-hydrogen) atoms. The van der Waals surface area contributed by atoms with Crippen LogP contribution in [0.15, 0.2) is 192 Å². The van der Waals surface area contributed by atoms with Gasteiger partial charge in [0.25, 0.3) is 0 Å². The molecule has 0 bridgehead atoms. The zero-order valence-corrected chi connectivity index (χ0v) is 31.9. The third kappa shape index (κ3) is 5.32. The Hall–Kier alpha value is -7.47. The summed E-state index contributed by atoms with van der Waals surface area (Å²) in [6.45, 7) is 0. The van der Waals surface area contributed by atoms with E-state index in [9.17, 15) is 0 Å². The third-order valence-electron chi connectivity index (χ3n) is 11.3. The van der Waals surface area contributed by atoms with Gasteiger partial charge in [-0.05, 0) is 68.6 Å². The predicted octanol–water partition coefficient (Wildman–Crippen LogP) is 14.8. The van der Waals surface area contributed by atoms with Gasteiger partial charge in [0.05, 0.1) is 0 Å². The van der Waals surface area contributed by atoms with Crippen molar-refractivity contribution >= 4 is 75.0 Å². The van der Waals surface area contributed by atoms with Crippen molar-refractivity contribution in [2.75, 3.05) is 0 Å². The van der Waals surface area contributed by atoms with Crippen molar-refractivity contribution in [3.05, 3.63) is 188 Å². The largest absolute Gasteiger partial charge is 0.456 e. The highest BCUT2D eigenvalue weighted by Gasteiger charge is 2.18. The zero-order chi connectivity index (χ0) is 38.2. The zero-order valence-electron chi connectivity index (χ0n) is 31.1. The molecule has 0 atom stereocenters. The molecule has 3 aromatic heterocycles. The molecule has 12 aromatic rings. The summed E-state index contributed by atoms with van der Waals surface area (Å²) in [5.74, 6) is 1.83. The summed E-state index contributed by atoms with van der Waals surface area (Å²) in [4.78, 5) is 15.4. The minimum absolute atomic E-state index is 0.593. The monoisotopic (exact) mass is 757 g/mol. The topological polar surface area (TPSA) is 51.8 Å². The summed E-state index contributed by atoms with van der Waals surface area (Å²) in [5, 5.41) is 9.33. The summed E-state index contributed by atoms with van der Waals surface area (Å²) in [6.07, 6.45) is 0. The van der Waals surface area contributed by atoms with Gasteiger partial charge in [0.15, 0.2) is 17.5 Å². The fraction of sp³-hybridized carbons (Fsp3) is 0. The van der Waals surface area contributed by atoms with E-state index < -0.39 is 0 Å². The number of para-hydroxylation sites is 1. The number of furan rings is 1. The Kier molecular flexibility index (Phi) is 7.37. The van der Waals surface area contributed by atoms with Crippen LogP contribution in [0.1, 0.15) is 0 Å². The molecule has 0 saturated heterocycles. The molecule has 0 fully saturated rings. The summed E-state index contributed by atoms with van der Waals surface area (Å²) in [6, 6.07) is 66.4. The van der Waals surface area contributed by atoms with Crippen molar-refractivity contribution in [2.24, 2.45) is 0 Å². The molecule has 0 N–H and O–H groups in total. The number of hydrogen-bond acceptors (Lipinski definition) is 5. The van der Waals surface area contributed by atoms with E-state index in [4.69, 9.17) is 19.4 Å². The van der Waals surface area contributed by atoms with Crippen LogP contribution in [0.4, 0.5) is 0 Å². The molecule has 5 heteroatoms. The van der Waals surface area contributed by atoms with Crippen LogP contribution < -0.4 is 0 Å². The first kappa shape index (κ1) is 32.7. The number of aromatic nitrogens is 3. The van der Waals surface area contributed by atoms with Crippen LogP contribution in [-0.2, 0) is 0 Å². The van der Waals surface area contributed by atoms with Crippen LogP contribution in [0.5, 0.6) is 0 Å². The van der Waals surface area contributed by atoms with Crippen LogP contribution in [-0.4, -0.2) is 15.0 Å². The Morgan fingerprint density at radius 3 is 1.64 bits per heavy atom. The fourth-order valence-electron chi connectivity index (χ4n) is 8.49. The summed E-state index contributed by atoms with van der Waals surface area (Å²) in [5.41, 5.74) is 9.33. The Balaban J connectivity index is 1.01. The highest BCUT2D eigenvalue weighted by Crippen LogP contribution is 2.45. The number of fused-ring (bicyclic) bond motifs is 8. The standard InChI is InChI=1S/C53H31N3OS/c1-2-12-33(13-3-1)40-17-9-20-45-46-21-10-19-44(50(46)58-49(40)45)41-18-8-15-35-30-37(25-27-39(35)41)52-54-51(36-24-23-32-11-4-5-14-34(32)29-36)55-53(56-52)38-26-28-43-42-16-6-7-22-47(42)57-48(43)31-38/h1-31H. The number of benzene rings is 9. The average Bonchev–Trinajstić information content (AvgIpc) is 3.87. The summed E-state index contributed by atoms with van der Waals surface area (Å²) >= 11 is 1.88. The Morgan fingerprint density at radius 2 is 0.845 bits per heavy atom. The molecular formula is C53H31N3OS. The molecule has 0 amide bonds. The van der Waals surface area contributed by atoms with Crippen molar-refractivity contribution in [3.8, 4) is 56.4 Å². The maximum Gasteiger partial charge on any atom is 0.164 e. The van der Waals surface area contributed by atoms with E-state index in [2.05, 4.69) is 164 Å². The minimum atomic E-state index is 0.593. The van der Waals surface area contributed by atoms with Crippen LogP contribution in [0.3, 0.4) is 0 Å². The summed E-state index contributed by atoms with van der Waals surface area (Å²) in [7, 11) is 0. The Bertz CT molecular complexity index is 3590. The first-order valence-electron chi connectivity index (χ1n) is 19.4. The van der Waals surface area contributed by atoms with Crippen LogP contribution in [0.25, 0.3) is 120 Å². The number of nitrogens with zero attached hydrogens (tertiary/aromatic N) is 3. The van der Waals surface area contributed by atoms with Gasteiger partial charge in [-0.15, -0.1) is 11.3 Å². The molecule has 4 nitrogen and oxygen atoms in total. The van der Waals surface area contributed by atoms with Gasteiger partial charge >= 0.3 is 0 Å². The molecule has 3 heterocycles. The molecule has 9 aromatic carbocycles. The lowest BCUT2D eigenvalue weighted by atomic mass is 9.95. The molecule has 12 rings (SSSR count). The second-order valence-corrected chi connectivity index (χ2v) is 15.8. The third-order valence-corrected chi connectivity index (χ3v) is 12.6. The highest BCUT2D eigenvalue weighted by atomic mass is 32.1. The first-order valence-corrected chi connectivity index (χ1v) is 20.2. The number of thiophene rings is 1. The van der Waals surface area contributed by atoms with E-state index in [-0.39, 0.29) is 0 Å². The predicted molar refractivity (Wildman–Crippen MR) is 242 cm³/mol. The maximum absolute atomic E-state index is 6.29. The van der Waals surface area contributed by atoms with Gasteiger partial charge in [0.2, 0.25) is 0 Å². The molecule has 0 aliphatic carbocycles. The van der Waals surface area contributed by atoms with Crippen molar-refractivity contribution in [1.82, 2.24) is 15.0 Å². The Morgan fingerprint density at radius 1 is 0.310 bits per heavy atom. The van der Waals surface area contributed by atoms with Crippen LogP contribution in [0, 0.1) is 0 Å². The van der Waals surface area contributed by atoms with Gasteiger partial charge in [-0.25, -0.2) is 15.0 Å². The SMILES string of the molecule is c1ccc(-c2cccc3c2sc2c(-c4cccc5cc(-c6nc(-c7ccc8ccccc8c7)nc(-c7ccc8c(c7)oc7ccccc78)n6)ccc45)cccc23)cc1. The lowest BCUT2D eigenvalue weighted by Gasteiger charge is -2.12. The molecule has 0 saturated carbocycles. The molecule has 0 aliphatic heterocycles. The summed E-state index contributed by atoms with van der Waals surface area (Å²) < 4.78 is 8.89. The fourth-order valence-corrected chi connectivity index (χ4v) is 9.86. The smallest absolute Gasteiger partial charge is 0.164 e. The Labute approximate surface area is 337 Å². The minimum Gasteiger partial charge on any atom is -0.456 e. The second kappa shape index (κ2) is 13.1. The number of hydrogen-bond donors (Lipinski definition) is 0.